The van der Waals surface area contributed by atoms with Crippen LogP contribution in [-0.4, -0.2) is 36.8 Å². The lowest BCUT2D eigenvalue weighted by Crippen LogP contribution is -2.29. The number of carbonyl (C=O) groups is 1. The van der Waals surface area contributed by atoms with Crippen molar-refractivity contribution in [1.82, 2.24) is 4.90 Å². The Hall–Kier alpha value is -1.98. The largest absolute Gasteiger partial charge is 0.497 e. The molecule has 26 heavy (non-hydrogen) atoms. The number of amides is 1. The number of anilines is 1. The highest BCUT2D eigenvalue weighted by atomic mass is 32.2. The molecule has 1 amide bonds. The molecular weight excluding hydrogens is 344 g/mol. The van der Waals surface area contributed by atoms with E-state index < -0.39 is 0 Å². The van der Waals surface area contributed by atoms with Crippen LogP contribution >= 0.6 is 11.8 Å². The van der Waals surface area contributed by atoms with Crippen LogP contribution in [0.15, 0.2) is 53.4 Å². The molecule has 138 valence electrons. The number of carbonyl (C=O) groups excluding carboxylic acids is 1. The number of piperidine rings is 1. The van der Waals surface area contributed by atoms with E-state index in [4.69, 9.17) is 4.74 Å². The van der Waals surface area contributed by atoms with Crippen LogP contribution in [0.1, 0.15) is 24.8 Å². The van der Waals surface area contributed by atoms with Crippen molar-refractivity contribution in [2.24, 2.45) is 0 Å². The summed E-state index contributed by atoms with van der Waals surface area (Å²) in [5.74, 6) is 1.19. The zero-order valence-corrected chi connectivity index (χ0v) is 16.1. The first-order valence-electron chi connectivity index (χ1n) is 9.11. The minimum absolute atomic E-state index is 0.00735. The van der Waals surface area contributed by atoms with Crippen LogP contribution in [0.5, 0.6) is 5.75 Å². The van der Waals surface area contributed by atoms with Gasteiger partial charge >= 0.3 is 0 Å². The fourth-order valence-corrected chi connectivity index (χ4v) is 3.90. The van der Waals surface area contributed by atoms with Gasteiger partial charge in [0, 0.05) is 17.1 Å². The summed E-state index contributed by atoms with van der Waals surface area (Å²) in [6.45, 7) is 3.31. The first-order chi connectivity index (χ1) is 12.7. The third kappa shape index (κ3) is 5.78. The van der Waals surface area contributed by atoms with Gasteiger partial charge in [0.15, 0.2) is 0 Å². The maximum Gasteiger partial charge on any atom is 0.234 e. The Balaban J connectivity index is 1.51. The van der Waals surface area contributed by atoms with Gasteiger partial charge in [-0.3, -0.25) is 9.69 Å². The summed E-state index contributed by atoms with van der Waals surface area (Å²) in [7, 11) is 1.65. The molecule has 2 aromatic carbocycles. The summed E-state index contributed by atoms with van der Waals surface area (Å²) in [5, 5.41) is 3.01. The standard InChI is InChI=1S/C21H26N2O2S/c1-25-19-9-6-10-20(14-19)26-16-21(24)22-18-8-5-7-17(13-18)15-23-11-3-2-4-12-23/h5-10,13-14H,2-4,11-12,15-16H2,1H3,(H,22,24). The molecule has 0 radical (unpaired) electrons. The topological polar surface area (TPSA) is 41.6 Å². The normalized spacial score (nSPS) is 14.8. The van der Waals surface area contributed by atoms with E-state index in [0.29, 0.717) is 5.75 Å². The third-order valence-corrected chi connectivity index (χ3v) is 5.47. The van der Waals surface area contributed by atoms with Crippen LogP contribution in [0.4, 0.5) is 5.69 Å². The molecule has 1 heterocycles. The van der Waals surface area contributed by atoms with Crippen molar-refractivity contribution in [2.45, 2.75) is 30.7 Å². The van der Waals surface area contributed by atoms with Gasteiger partial charge in [-0.05, 0) is 61.8 Å². The van der Waals surface area contributed by atoms with E-state index in [-0.39, 0.29) is 5.91 Å². The molecule has 0 bridgehead atoms. The van der Waals surface area contributed by atoms with Gasteiger partial charge in [-0.25, -0.2) is 0 Å². The summed E-state index contributed by atoms with van der Waals surface area (Å²) < 4.78 is 5.21. The first kappa shape index (κ1) is 18.8. The fraction of sp³-hybridized carbons (Fsp3) is 0.381. The van der Waals surface area contributed by atoms with E-state index in [2.05, 4.69) is 22.3 Å². The smallest absolute Gasteiger partial charge is 0.234 e. The molecule has 3 rings (SSSR count). The monoisotopic (exact) mass is 370 g/mol. The van der Waals surface area contributed by atoms with Crippen molar-refractivity contribution < 1.29 is 9.53 Å². The number of nitrogens with one attached hydrogen (secondary N) is 1. The zero-order chi connectivity index (χ0) is 18.2. The van der Waals surface area contributed by atoms with Crippen LogP contribution in [0.3, 0.4) is 0 Å². The summed E-state index contributed by atoms with van der Waals surface area (Å²) in [6.07, 6.45) is 3.92. The molecule has 0 aromatic heterocycles. The van der Waals surface area contributed by atoms with Gasteiger partial charge in [0.2, 0.25) is 5.91 Å². The van der Waals surface area contributed by atoms with E-state index in [1.54, 1.807) is 7.11 Å². The number of rotatable bonds is 7. The Morgan fingerprint density at radius 3 is 2.73 bits per heavy atom. The highest BCUT2D eigenvalue weighted by molar-refractivity contribution is 8.00. The quantitative estimate of drug-likeness (QED) is 0.733. The van der Waals surface area contributed by atoms with Gasteiger partial charge in [0.1, 0.15) is 5.75 Å². The number of likely N-dealkylation sites (tertiary alicyclic amines) is 1. The van der Waals surface area contributed by atoms with Crippen molar-refractivity contribution in [3.05, 3.63) is 54.1 Å². The van der Waals surface area contributed by atoms with E-state index in [0.717, 1.165) is 22.9 Å². The molecule has 0 aliphatic carbocycles. The highest BCUT2D eigenvalue weighted by Crippen LogP contribution is 2.23. The molecule has 0 spiro atoms. The Kier molecular flexibility index (Phi) is 6.97. The lowest BCUT2D eigenvalue weighted by molar-refractivity contribution is -0.113. The van der Waals surface area contributed by atoms with E-state index in [9.17, 15) is 4.79 Å². The van der Waals surface area contributed by atoms with Crippen molar-refractivity contribution in [2.75, 3.05) is 31.3 Å². The van der Waals surface area contributed by atoms with Gasteiger partial charge < -0.3 is 10.1 Å². The minimum Gasteiger partial charge on any atom is -0.497 e. The average molecular weight is 371 g/mol. The molecule has 1 N–H and O–H groups in total. The highest BCUT2D eigenvalue weighted by Gasteiger charge is 2.11. The SMILES string of the molecule is COc1cccc(SCC(=O)Nc2cccc(CN3CCCCC3)c2)c1. The van der Waals surface area contributed by atoms with Crippen molar-refractivity contribution in [1.29, 1.82) is 0 Å². The summed E-state index contributed by atoms with van der Waals surface area (Å²) >= 11 is 1.51. The number of benzene rings is 2. The fourth-order valence-electron chi connectivity index (χ4n) is 3.16. The lowest BCUT2D eigenvalue weighted by atomic mass is 10.1. The second-order valence-electron chi connectivity index (χ2n) is 6.55. The Labute approximate surface area is 159 Å². The van der Waals surface area contributed by atoms with E-state index in [1.165, 1.54) is 49.7 Å². The number of ether oxygens (including phenoxy) is 1. The second-order valence-corrected chi connectivity index (χ2v) is 7.60. The molecule has 1 fully saturated rings. The van der Waals surface area contributed by atoms with E-state index >= 15 is 0 Å². The van der Waals surface area contributed by atoms with Crippen molar-refractivity contribution in [3.63, 3.8) is 0 Å². The predicted molar refractivity (Wildman–Crippen MR) is 108 cm³/mol. The number of nitrogens with zero attached hydrogens (tertiary/aromatic N) is 1. The molecular formula is C21H26N2O2S. The summed E-state index contributed by atoms with van der Waals surface area (Å²) in [4.78, 5) is 15.8. The van der Waals surface area contributed by atoms with Crippen LogP contribution in [0.2, 0.25) is 0 Å². The van der Waals surface area contributed by atoms with Crippen LogP contribution in [-0.2, 0) is 11.3 Å². The van der Waals surface area contributed by atoms with E-state index in [1.807, 2.05) is 36.4 Å². The Morgan fingerprint density at radius 1 is 1.12 bits per heavy atom. The first-order valence-corrected chi connectivity index (χ1v) is 10.1. The van der Waals surface area contributed by atoms with Gasteiger partial charge in [0.05, 0.1) is 12.9 Å². The molecule has 0 atom stereocenters. The number of hydrogen-bond donors (Lipinski definition) is 1. The molecule has 0 saturated carbocycles. The molecule has 1 aliphatic heterocycles. The maximum absolute atomic E-state index is 12.3. The second kappa shape index (κ2) is 9.64. The molecule has 0 unspecified atom stereocenters. The summed E-state index contributed by atoms with van der Waals surface area (Å²) in [5.41, 5.74) is 2.13. The molecule has 4 nitrogen and oxygen atoms in total. The van der Waals surface area contributed by atoms with Crippen molar-refractivity contribution in [3.8, 4) is 5.75 Å². The lowest BCUT2D eigenvalue weighted by Gasteiger charge is -2.26. The maximum atomic E-state index is 12.3. The average Bonchev–Trinajstić information content (AvgIpc) is 2.68. The molecule has 1 aliphatic rings. The van der Waals surface area contributed by atoms with Crippen LogP contribution in [0, 0.1) is 0 Å². The Bertz CT molecular complexity index is 729. The van der Waals surface area contributed by atoms with Gasteiger partial charge in [0.25, 0.3) is 0 Å². The van der Waals surface area contributed by atoms with Crippen LogP contribution < -0.4 is 10.1 Å². The number of thioether (sulfide) groups is 1. The third-order valence-electron chi connectivity index (χ3n) is 4.48. The van der Waals surface area contributed by atoms with Crippen molar-refractivity contribution >= 4 is 23.4 Å². The molecule has 5 heteroatoms. The summed E-state index contributed by atoms with van der Waals surface area (Å²) in [6, 6.07) is 16.0. The van der Waals surface area contributed by atoms with Gasteiger partial charge in [-0.1, -0.05) is 24.6 Å². The Morgan fingerprint density at radius 2 is 1.92 bits per heavy atom. The molecule has 1 saturated heterocycles. The number of methoxy groups -OCH3 is 1. The molecule has 2 aromatic rings. The predicted octanol–water partition coefficient (Wildman–Crippen LogP) is 4.41. The zero-order valence-electron chi connectivity index (χ0n) is 15.2. The van der Waals surface area contributed by atoms with Gasteiger partial charge in [-0.2, -0.15) is 0 Å². The van der Waals surface area contributed by atoms with Crippen LogP contribution in [0.25, 0.3) is 0 Å². The minimum atomic E-state index is 0.00735. The number of hydrogen-bond acceptors (Lipinski definition) is 4. The van der Waals surface area contributed by atoms with Gasteiger partial charge in [-0.15, -0.1) is 11.8 Å².